The summed E-state index contributed by atoms with van der Waals surface area (Å²) in [6.07, 6.45) is 2.49. The Morgan fingerprint density at radius 3 is 2.60 bits per heavy atom. The van der Waals surface area contributed by atoms with Gasteiger partial charge in [-0.25, -0.2) is 0 Å². The third-order valence-electron chi connectivity index (χ3n) is 4.48. The molecule has 2 rings (SSSR count). The van der Waals surface area contributed by atoms with Crippen molar-refractivity contribution in [1.82, 2.24) is 10.2 Å². The van der Waals surface area contributed by atoms with E-state index in [1.807, 2.05) is 18.2 Å². The molecule has 0 bridgehead atoms. The van der Waals surface area contributed by atoms with Gasteiger partial charge >= 0.3 is 0 Å². The van der Waals surface area contributed by atoms with Crippen LogP contribution < -0.4 is 5.32 Å². The maximum absolute atomic E-state index is 6.28. The lowest BCUT2D eigenvalue weighted by Crippen LogP contribution is -2.42. The maximum atomic E-state index is 6.28. The van der Waals surface area contributed by atoms with Crippen molar-refractivity contribution in [2.24, 2.45) is 5.41 Å². The van der Waals surface area contributed by atoms with Gasteiger partial charge in [-0.15, -0.1) is 0 Å². The number of hydrogen-bond acceptors (Lipinski definition) is 2. The molecule has 1 heterocycles. The lowest BCUT2D eigenvalue weighted by molar-refractivity contribution is 0.134. The van der Waals surface area contributed by atoms with Crippen LogP contribution in [0.3, 0.4) is 0 Å². The van der Waals surface area contributed by atoms with Gasteiger partial charge < -0.3 is 10.2 Å². The van der Waals surface area contributed by atoms with Crippen molar-refractivity contribution in [3.05, 3.63) is 33.8 Å². The van der Waals surface area contributed by atoms with E-state index in [0.717, 1.165) is 12.1 Å². The fraction of sp³-hybridized carbons (Fsp3) is 0.625. The van der Waals surface area contributed by atoms with Crippen LogP contribution in [0.2, 0.25) is 10.0 Å². The molecule has 2 nitrogen and oxygen atoms in total. The van der Waals surface area contributed by atoms with Gasteiger partial charge in [0.2, 0.25) is 0 Å². The molecular weight excluding hydrogens is 291 g/mol. The molecule has 1 unspecified atom stereocenters. The zero-order valence-corrected chi connectivity index (χ0v) is 14.1. The van der Waals surface area contributed by atoms with Gasteiger partial charge in [0.05, 0.1) is 10.0 Å². The second-order valence-corrected chi connectivity index (χ2v) is 7.14. The van der Waals surface area contributed by atoms with E-state index in [1.54, 1.807) is 0 Å². The summed E-state index contributed by atoms with van der Waals surface area (Å²) in [6, 6.07) is 6.05. The third kappa shape index (κ3) is 3.88. The van der Waals surface area contributed by atoms with E-state index < -0.39 is 0 Å². The first-order chi connectivity index (χ1) is 9.41. The maximum Gasteiger partial charge on any atom is 0.0639 e. The third-order valence-corrected chi connectivity index (χ3v) is 5.31. The normalized spacial score (nSPS) is 20.9. The van der Waals surface area contributed by atoms with Gasteiger partial charge in [-0.2, -0.15) is 0 Å². The molecule has 112 valence electrons. The fourth-order valence-corrected chi connectivity index (χ4v) is 3.17. The highest BCUT2D eigenvalue weighted by Crippen LogP contribution is 2.32. The van der Waals surface area contributed by atoms with Gasteiger partial charge in [0.15, 0.2) is 0 Å². The molecule has 20 heavy (non-hydrogen) atoms. The molecular formula is C16H24Cl2N2. The van der Waals surface area contributed by atoms with E-state index in [2.05, 4.69) is 31.1 Å². The highest BCUT2D eigenvalue weighted by Gasteiger charge is 2.29. The van der Waals surface area contributed by atoms with Crippen LogP contribution in [0.5, 0.6) is 0 Å². The average molecular weight is 315 g/mol. The summed E-state index contributed by atoms with van der Waals surface area (Å²) in [6.45, 7) is 7.91. The van der Waals surface area contributed by atoms with Crippen LogP contribution in [0.25, 0.3) is 0 Å². The van der Waals surface area contributed by atoms with Crippen molar-refractivity contribution in [2.45, 2.75) is 32.7 Å². The van der Waals surface area contributed by atoms with E-state index >= 15 is 0 Å². The average Bonchev–Trinajstić information content (AvgIpc) is 2.43. The van der Waals surface area contributed by atoms with Gasteiger partial charge in [0.25, 0.3) is 0 Å². The molecule has 1 fully saturated rings. The van der Waals surface area contributed by atoms with Crippen LogP contribution in [0.1, 0.15) is 38.3 Å². The number of benzene rings is 1. The van der Waals surface area contributed by atoms with Crippen LogP contribution in [0.15, 0.2) is 18.2 Å². The molecule has 1 saturated heterocycles. The summed E-state index contributed by atoms with van der Waals surface area (Å²) in [5.74, 6) is 0. The SMILES string of the molecule is CC(NCC1(C)CCN(C)CC1)c1cccc(Cl)c1Cl. The first-order valence-corrected chi connectivity index (χ1v) is 8.03. The van der Waals surface area contributed by atoms with E-state index in [-0.39, 0.29) is 6.04 Å². The number of rotatable bonds is 4. The summed E-state index contributed by atoms with van der Waals surface area (Å²) in [7, 11) is 2.20. The van der Waals surface area contributed by atoms with E-state index in [0.29, 0.717) is 15.5 Å². The summed E-state index contributed by atoms with van der Waals surface area (Å²) in [5, 5.41) is 4.93. The molecule has 0 spiro atoms. The zero-order valence-electron chi connectivity index (χ0n) is 12.5. The van der Waals surface area contributed by atoms with Crippen LogP contribution in [0, 0.1) is 5.41 Å². The van der Waals surface area contributed by atoms with E-state index in [1.165, 1.54) is 25.9 Å². The summed E-state index contributed by atoms with van der Waals surface area (Å²) < 4.78 is 0. The predicted octanol–water partition coefficient (Wildman–Crippen LogP) is 4.38. The quantitative estimate of drug-likeness (QED) is 0.887. The van der Waals surface area contributed by atoms with Crippen LogP contribution in [-0.2, 0) is 0 Å². The second kappa shape index (κ2) is 6.65. The first-order valence-electron chi connectivity index (χ1n) is 7.27. The molecule has 0 saturated carbocycles. The Labute approximate surface area is 132 Å². The van der Waals surface area contributed by atoms with Crippen LogP contribution in [0.4, 0.5) is 0 Å². The number of piperidine rings is 1. The smallest absolute Gasteiger partial charge is 0.0639 e. The molecule has 1 N–H and O–H groups in total. The fourth-order valence-electron chi connectivity index (χ4n) is 2.70. The Hall–Kier alpha value is -0.280. The molecule has 1 aromatic rings. The number of nitrogens with zero attached hydrogens (tertiary/aromatic N) is 1. The summed E-state index contributed by atoms with van der Waals surface area (Å²) in [5.41, 5.74) is 1.46. The Morgan fingerprint density at radius 1 is 1.30 bits per heavy atom. The lowest BCUT2D eigenvalue weighted by atomic mass is 9.80. The van der Waals surface area contributed by atoms with Crippen molar-refractivity contribution >= 4 is 23.2 Å². The highest BCUT2D eigenvalue weighted by molar-refractivity contribution is 6.42. The number of nitrogens with one attached hydrogen (secondary N) is 1. The molecule has 0 radical (unpaired) electrons. The van der Waals surface area contributed by atoms with Crippen molar-refractivity contribution in [3.8, 4) is 0 Å². The van der Waals surface area contributed by atoms with Gasteiger partial charge in [-0.1, -0.05) is 42.3 Å². The highest BCUT2D eigenvalue weighted by atomic mass is 35.5. The van der Waals surface area contributed by atoms with Crippen molar-refractivity contribution in [2.75, 3.05) is 26.7 Å². The molecule has 1 aromatic carbocycles. The van der Waals surface area contributed by atoms with Crippen molar-refractivity contribution in [3.63, 3.8) is 0 Å². The largest absolute Gasteiger partial charge is 0.310 e. The Kier molecular flexibility index (Phi) is 5.36. The summed E-state index contributed by atoms with van der Waals surface area (Å²) >= 11 is 12.4. The minimum absolute atomic E-state index is 0.220. The second-order valence-electron chi connectivity index (χ2n) is 6.36. The number of likely N-dealkylation sites (tertiary alicyclic amines) is 1. The number of halogens is 2. The van der Waals surface area contributed by atoms with Gasteiger partial charge in [-0.3, -0.25) is 0 Å². The van der Waals surface area contributed by atoms with Crippen LogP contribution >= 0.6 is 23.2 Å². The Bertz CT molecular complexity index is 454. The van der Waals surface area contributed by atoms with E-state index in [9.17, 15) is 0 Å². The molecule has 0 aromatic heterocycles. The lowest BCUT2D eigenvalue weighted by Gasteiger charge is -2.38. The van der Waals surface area contributed by atoms with Crippen LogP contribution in [-0.4, -0.2) is 31.6 Å². The number of hydrogen-bond donors (Lipinski definition) is 1. The molecule has 1 aliphatic rings. The Morgan fingerprint density at radius 2 is 1.95 bits per heavy atom. The predicted molar refractivity (Wildman–Crippen MR) is 87.7 cm³/mol. The molecule has 1 aliphatic heterocycles. The summed E-state index contributed by atoms with van der Waals surface area (Å²) in [4.78, 5) is 2.40. The molecule has 0 aliphatic carbocycles. The monoisotopic (exact) mass is 314 g/mol. The topological polar surface area (TPSA) is 15.3 Å². The molecule has 1 atom stereocenters. The molecule has 0 amide bonds. The minimum Gasteiger partial charge on any atom is -0.310 e. The molecule has 4 heteroatoms. The minimum atomic E-state index is 0.220. The van der Waals surface area contributed by atoms with Gasteiger partial charge in [0, 0.05) is 12.6 Å². The standard InChI is InChI=1S/C16H24Cl2N2/c1-12(13-5-4-6-14(17)15(13)18)19-11-16(2)7-9-20(3)10-8-16/h4-6,12,19H,7-11H2,1-3H3. The Balaban J connectivity index is 1.95. The van der Waals surface area contributed by atoms with Gasteiger partial charge in [0.1, 0.15) is 0 Å². The van der Waals surface area contributed by atoms with Crippen molar-refractivity contribution in [1.29, 1.82) is 0 Å². The first kappa shape index (κ1) is 16.1. The van der Waals surface area contributed by atoms with Gasteiger partial charge in [-0.05, 0) is 56.9 Å². The van der Waals surface area contributed by atoms with E-state index in [4.69, 9.17) is 23.2 Å². The zero-order chi connectivity index (χ0) is 14.8. The van der Waals surface area contributed by atoms with Crippen molar-refractivity contribution < 1.29 is 0 Å².